The number of aliphatic hydroxyl groups excluding tert-OH is 1. The third kappa shape index (κ3) is 7.30. The number of rotatable bonds is 3. The van der Waals surface area contributed by atoms with Crippen LogP contribution in [-0.4, -0.2) is 19.8 Å². The first-order valence-electron chi connectivity index (χ1n) is 2.57. The van der Waals surface area contributed by atoms with Gasteiger partial charge in [0.15, 0.2) is 0 Å². The van der Waals surface area contributed by atoms with Gasteiger partial charge in [-0.25, -0.2) is 0 Å². The molecule has 1 atom stereocenters. The quantitative estimate of drug-likeness (QED) is 0.791. The second kappa shape index (κ2) is 4.31. The SMILES string of the molecule is CC(Br)(Br)CC(O)CBr. The van der Waals surface area contributed by atoms with Gasteiger partial charge in [0.2, 0.25) is 0 Å². The first-order chi connectivity index (χ1) is 3.95. The molecule has 1 N–H and O–H groups in total. The van der Waals surface area contributed by atoms with Crippen LogP contribution in [0.15, 0.2) is 0 Å². The van der Waals surface area contributed by atoms with Gasteiger partial charge in [0.25, 0.3) is 0 Å². The molecule has 1 unspecified atom stereocenters. The number of hydrogen-bond donors (Lipinski definition) is 1. The molecule has 9 heavy (non-hydrogen) atoms. The van der Waals surface area contributed by atoms with Crippen LogP contribution in [0.2, 0.25) is 0 Å². The Labute approximate surface area is 80.6 Å². The topological polar surface area (TPSA) is 20.2 Å². The number of halogens is 3. The van der Waals surface area contributed by atoms with E-state index in [1.54, 1.807) is 0 Å². The summed E-state index contributed by atoms with van der Waals surface area (Å²) in [6.45, 7) is 1.96. The summed E-state index contributed by atoms with van der Waals surface area (Å²) >= 11 is 9.89. The van der Waals surface area contributed by atoms with Crippen LogP contribution in [0.25, 0.3) is 0 Å². The van der Waals surface area contributed by atoms with Crippen molar-refractivity contribution in [2.45, 2.75) is 22.7 Å². The van der Waals surface area contributed by atoms with Crippen LogP contribution in [0, 0.1) is 0 Å². The summed E-state index contributed by atoms with van der Waals surface area (Å²) < 4.78 is -0.132. The van der Waals surface area contributed by atoms with Crippen LogP contribution < -0.4 is 0 Å². The Morgan fingerprint density at radius 2 is 2.00 bits per heavy atom. The molecule has 0 saturated heterocycles. The lowest BCUT2D eigenvalue weighted by Crippen LogP contribution is -2.18. The lowest BCUT2D eigenvalue weighted by atomic mass is 10.2. The molecule has 0 spiro atoms. The van der Waals surface area contributed by atoms with Crippen molar-refractivity contribution in [3.05, 3.63) is 0 Å². The van der Waals surface area contributed by atoms with Gasteiger partial charge in [0.05, 0.1) is 9.34 Å². The Kier molecular flexibility index (Phi) is 4.98. The summed E-state index contributed by atoms with van der Waals surface area (Å²) in [5.41, 5.74) is 0. The molecule has 1 nitrogen and oxygen atoms in total. The fourth-order valence-electron chi connectivity index (χ4n) is 0.468. The molecule has 0 fully saturated rings. The summed E-state index contributed by atoms with van der Waals surface area (Å²) in [4.78, 5) is 0. The standard InChI is InChI=1S/C5H9Br3O/c1-5(7,8)2-4(9)3-6/h4,9H,2-3H2,1H3. The van der Waals surface area contributed by atoms with E-state index in [0.29, 0.717) is 11.8 Å². The Morgan fingerprint density at radius 3 is 2.11 bits per heavy atom. The van der Waals surface area contributed by atoms with Crippen molar-refractivity contribution < 1.29 is 5.11 Å². The van der Waals surface area contributed by atoms with Gasteiger partial charge in [0.1, 0.15) is 0 Å². The molecule has 0 aromatic rings. The molecule has 0 aromatic heterocycles. The van der Waals surface area contributed by atoms with E-state index in [-0.39, 0.29) is 9.34 Å². The minimum atomic E-state index is -0.284. The second-order valence-corrected chi connectivity index (χ2v) is 7.29. The number of aliphatic hydroxyl groups is 1. The molecule has 0 aliphatic carbocycles. The summed E-state index contributed by atoms with van der Waals surface area (Å²) in [6.07, 6.45) is 0.409. The Morgan fingerprint density at radius 1 is 1.56 bits per heavy atom. The zero-order chi connectivity index (χ0) is 7.49. The molecule has 0 amide bonds. The van der Waals surface area contributed by atoms with Crippen molar-refractivity contribution in [3.8, 4) is 0 Å². The zero-order valence-corrected chi connectivity index (χ0v) is 9.83. The third-order valence-corrected chi connectivity index (χ3v) is 2.17. The Hall–Kier alpha value is 1.40. The maximum atomic E-state index is 9.09. The van der Waals surface area contributed by atoms with Gasteiger partial charge in [-0.1, -0.05) is 47.8 Å². The Balaban J connectivity index is 3.47. The highest BCUT2D eigenvalue weighted by Gasteiger charge is 2.19. The van der Waals surface area contributed by atoms with Crippen LogP contribution in [0.4, 0.5) is 0 Å². The van der Waals surface area contributed by atoms with Gasteiger partial charge in [-0.3, -0.25) is 0 Å². The van der Waals surface area contributed by atoms with E-state index in [1.165, 1.54) is 0 Å². The van der Waals surface area contributed by atoms with Crippen molar-refractivity contribution in [2.24, 2.45) is 0 Å². The van der Waals surface area contributed by atoms with Crippen molar-refractivity contribution in [2.75, 3.05) is 5.33 Å². The smallest absolute Gasteiger partial charge is 0.0802 e. The highest BCUT2D eigenvalue weighted by Crippen LogP contribution is 2.30. The highest BCUT2D eigenvalue weighted by molar-refractivity contribution is 9.25. The fraction of sp³-hybridized carbons (Fsp3) is 1.00. The van der Waals surface area contributed by atoms with Crippen molar-refractivity contribution in [1.29, 1.82) is 0 Å². The second-order valence-electron chi connectivity index (χ2n) is 2.08. The lowest BCUT2D eigenvalue weighted by Gasteiger charge is -2.16. The summed E-state index contributed by atoms with van der Waals surface area (Å²) in [7, 11) is 0. The first-order valence-corrected chi connectivity index (χ1v) is 5.28. The average molecular weight is 325 g/mol. The molecule has 4 heteroatoms. The van der Waals surface area contributed by atoms with E-state index in [4.69, 9.17) is 5.11 Å². The van der Waals surface area contributed by atoms with Crippen LogP contribution in [0.5, 0.6) is 0 Å². The molecule has 0 saturated carbocycles. The molecule has 0 heterocycles. The number of alkyl halides is 3. The van der Waals surface area contributed by atoms with Crippen molar-refractivity contribution in [3.63, 3.8) is 0 Å². The molecule has 0 rings (SSSR count). The minimum Gasteiger partial charge on any atom is -0.392 e. The van der Waals surface area contributed by atoms with Gasteiger partial charge in [0, 0.05) is 5.33 Å². The normalized spacial score (nSPS) is 15.7. The zero-order valence-electron chi connectivity index (χ0n) is 5.07. The van der Waals surface area contributed by atoms with Gasteiger partial charge in [-0.05, 0) is 13.3 Å². The van der Waals surface area contributed by atoms with Crippen molar-refractivity contribution in [1.82, 2.24) is 0 Å². The molecule has 0 bridgehead atoms. The van der Waals surface area contributed by atoms with E-state index in [2.05, 4.69) is 47.8 Å². The highest BCUT2D eigenvalue weighted by atomic mass is 79.9. The van der Waals surface area contributed by atoms with Gasteiger partial charge >= 0.3 is 0 Å². The fourth-order valence-corrected chi connectivity index (χ4v) is 1.44. The third-order valence-electron chi connectivity index (χ3n) is 0.772. The summed E-state index contributed by atoms with van der Waals surface area (Å²) in [5, 5.41) is 9.71. The summed E-state index contributed by atoms with van der Waals surface area (Å²) in [6, 6.07) is 0. The van der Waals surface area contributed by atoms with E-state index < -0.39 is 0 Å². The molecule has 0 radical (unpaired) electrons. The van der Waals surface area contributed by atoms with Gasteiger partial charge < -0.3 is 5.11 Å². The van der Waals surface area contributed by atoms with Crippen LogP contribution in [-0.2, 0) is 0 Å². The molecule has 0 aliphatic rings. The van der Waals surface area contributed by atoms with Crippen LogP contribution in [0.3, 0.4) is 0 Å². The van der Waals surface area contributed by atoms with Gasteiger partial charge in [-0.15, -0.1) is 0 Å². The first kappa shape index (κ1) is 10.4. The lowest BCUT2D eigenvalue weighted by molar-refractivity contribution is 0.189. The Bertz CT molecular complexity index is 78.8. The average Bonchev–Trinajstić information content (AvgIpc) is 1.62. The molecular weight excluding hydrogens is 316 g/mol. The van der Waals surface area contributed by atoms with Crippen molar-refractivity contribution >= 4 is 47.8 Å². The van der Waals surface area contributed by atoms with E-state index in [0.717, 1.165) is 0 Å². The predicted molar refractivity (Wildman–Crippen MR) is 50.7 cm³/mol. The van der Waals surface area contributed by atoms with E-state index >= 15 is 0 Å². The van der Waals surface area contributed by atoms with Crippen LogP contribution >= 0.6 is 47.8 Å². The molecule has 0 aromatic carbocycles. The van der Waals surface area contributed by atoms with E-state index in [1.807, 2.05) is 6.92 Å². The maximum Gasteiger partial charge on any atom is 0.0802 e. The predicted octanol–water partition coefficient (Wildman–Crippen LogP) is 2.64. The molecule has 56 valence electrons. The van der Waals surface area contributed by atoms with Crippen LogP contribution in [0.1, 0.15) is 13.3 Å². The maximum absolute atomic E-state index is 9.09. The monoisotopic (exact) mass is 322 g/mol. The largest absolute Gasteiger partial charge is 0.392 e. The van der Waals surface area contributed by atoms with Gasteiger partial charge in [-0.2, -0.15) is 0 Å². The molecular formula is C5H9Br3O. The number of hydrogen-bond acceptors (Lipinski definition) is 1. The minimum absolute atomic E-state index is 0.132. The van der Waals surface area contributed by atoms with E-state index in [9.17, 15) is 0 Å². The summed E-state index contributed by atoms with van der Waals surface area (Å²) in [5.74, 6) is 0. The molecule has 0 aliphatic heterocycles.